The van der Waals surface area contributed by atoms with E-state index in [4.69, 9.17) is 5.26 Å². The lowest BCUT2D eigenvalue weighted by atomic mass is 10.2. The van der Waals surface area contributed by atoms with Crippen LogP contribution >= 0.6 is 0 Å². The van der Waals surface area contributed by atoms with Crippen molar-refractivity contribution in [1.29, 1.82) is 5.26 Å². The Hall–Kier alpha value is -2.09. The van der Waals surface area contributed by atoms with Crippen LogP contribution in [0, 0.1) is 17.1 Å². The summed E-state index contributed by atoms with van der Waals surface area (Å²) in [4.78, 5) is 11.0. The molecule has 15 heavy (non-hydrogen) atoms. The van der Waals surface area contributed by atoms with Crippen molar-refractivity contribution in [1.82, 2.24) is 10.6 Å². The van der Waals surface area contributed by atoms with Crippen LogP contribution in [0.15, 0.2) is 24.3 Å². The summed E-state index contributed by atoms with van der Waals surface area (Å²) in [5.74, 6) is -0.341. The Morgan fingerprint density at radius 3 is 2.93 bits per heavy atom. The quantitative estimate of drug-likeness (QED) is 0.730. The number of carbonyl (C=O) groups is 1. The van der Waals surface area contributed by atoms with Gasteiger partial charge in [0.25, 0.3) is 0 Å². The molecule has 5 heteroatoms. The first-order valence-corrected chi connectivity index (χ1v) is 4.35. The second kappa shape index (κ2) is 5.60. The van der Waals surface area contributed by atoms with E-state index in [9.17, 15) is 9.18 Å². The Labute approximate surface area is 86.7 Å². The molecule has 2 N–H and O–H groups in total. The third kappa shape index (κ3) is 4.09. The molecule has 0 atom stereocenters. The summed E-state index contributed by atoms with van der Waals surface area (Å²) in [5.41, 5.74) is 0.669. The normalized spacial score (nSPS) is 9.07. The molecule has 0 bridgehead atoms. The fourth-order valence-electron chi connectivity index (χ4n) is 1.01. The van der Waals surface area contributed by atoms with Gasteiger partial charge >= 0.3 is 6.03 Å². The highest BCUT2D eigenvalue weighted by Gasteiger charge is 1.99. The number of halogens is 1. The number of hydrogen-bond acceptors (Lipinski definition) is 2. The van der Waals surface area contributed by atoms with Crippen molar-refractivity contribution in [3.63, 3.8) is 0 Å². The number of urea groups is 1. The lowest BCUT2D eigenvalue weighted by Gasteiger charge is -2.04. The van der Waals surface area contributed by atoms with E-state index >= 15 is 0 Å². The van der Waals surface area contributed by atoms with Crippen LogP contribution in [-0.2, 0) is 6.54 Å². The fraction of sp³-hybridized carbons (Fsp3) is 0.200. The highest BCUT2D eigenvalue weighted by Crippen LogP contribution is 2.02. The smallest absolute Gasteiger partial charge is 0.315 e. The Bertz CT molecular complexity index is 386. The van der Waals surface area contributed by atoms with Crippen LogP contribution in [0.5, 0.6) is 0 Å². The molecule has 0 aromatic heterocycles. The first kappa shape index (κ1) is 11.0. The molecule has 2 amide bonds. The molecular weight excluding hydrogens is 197 g/mol. The Morgan fingerprint density at radius 2 is 2.27 bits per heavy atom. The molecule has 1 aromatic rings. The van der Waals surface area contributed by atoms with E-state index in [1.54, 1.807) is 18.2 Å². The van der Waals surface area contributed by atoms with Gasteiger partial charge in [0.05, 0.1) is 6.07 Å². The number of nitrogens with zero attached hydrogens (tertiary/aromatic N) is 1. The first-order chi connectivity index (χ1) is 7.22. The third-order valence-corrected chi connectivity index (χ3v) is 1.67. The Balaban J connectivity index is 2.37. The van der Waals surface area contributed by atoms with E-state index < -0.39 is 6.03 Å². The SMILES string of the molecule is N#CCNC(=O)NCc1cccc(F)c1. The minimum atomic E-state index is -0.444. The van der Waals surface area contributed by atoms with Crippen LogP contribution in [0.3, 0.4) is 0 Å². The summed E-state index contributed by atoms with van der Waals surface area (Å²) in [7, 11) is 0. The zero-order chi connectivity index (χ0) is 11.1. The zero-order valence-electron chi connectivity index (χ0n) is 7.96. The molecule has 0 spiro atoms. The molecule has 1 rings (SSSR count). The van der Waals surface area contributed by atoms with Gasteiger partial charge in [0.1, 0.15) is 12.4 Å². The molecule has 0 unspecified atom stereocenters. The van der Waals surface area contributed by atoms with Gasteiger partial charge in [0.15, 0.2) is 0 Å². The van der Waals surface area contributed by atoms with E-state index in [-0.39, 0.29) is 18.9 Å². The second-order valence-electron chi connectivity index (χ2n) is 2.82. The van der Waals surface area contributed by atoms with Crippen molar-refractivity contribution >= 4 is 6.03 Å². The summed E-state index contributed by atoms with van der Waals surface area (Å²) in [6.45, 7) is 0.185. The van der Waals surface area contributed by atoms with E-state index in [0.29, 0.717) is 5.56 Å². The maximum absolute atomic E-state index is 12.7. The maximum Gasteiger partial charge on any atom is 0.315 e. The van der Waals surface area contributed by atoms with Crippen molar-refractivity contribution in [2.45, 2.75) is 6.54 Å². The molecule has 0 saturated heterocycles. The predicted octanol–water partition coefficient (Wildman–Crippen LogP) is 1.15. The topological polar surface area (TPSA) is 64.9 Å². The molecule has 0 aliphatic heterocycles. The number of carbonyl (C=O) groups excluding carboxylic acids is 1. The number of amides is 2. The number of hydrogen-bond donors (Lipinski definition) is 2. The van der Waals surface area contributed by atoms with Crippen LogP contribution in [0.4, 0.5) is 9.18 Å². The molecule has 4 nitrogen and oxygen atoms in total. The summed E-state index contributed by atoms with van der Waals surface area (Å²) >= 11 is 0. The Kier molecular flexibility index (Phi) is 4.10. The molecule has 0 heterocycles. The molecule has 0 fully saturated rings. The number of benzene rings is 1. The van der Waals surface area contributed by atoms with Gasteiger partial charge in [-0.15, -0.1) is 0 Å². The average molecular weight is 207 g/mol. The van der Waals surface area contributed by atoms with Crippen molar-refractivity contribution in [2.24, 2.45) is 0 Å². The molecule has 0 aliphatic carbocycles. The predicted molar refractivity (Wildman–Crippen MR) is 52.3 cm³/mol. The number of nitriles is 1. The van der Waals surface area contributed by atoms with Gasteiger partial charge in [-0.25, -0.2) is 9.18 Å². The molecule has 0 aliphatic rings. The van der Waals surface area contributed by atoms with E-state index in [1.807, 2.05) is 0 Å². The Morgan fingerprint density at radius 1 is 1.47 bits per heavy atom. The molecule has 0 saturated carbocycles. The van der Waals surface area contributed by atoms with Crippen molar-refractivity contribution in [2.75, 3.05) is 6.54 Å². The van der Waals surface area contributed by atoms with Crippen molar-refractivity contribution in [3.8, 4) is 6.07 Å². The van der Waals surface area contributed by atoms with Gasteiger partial charge in [0, 0.05) is 6.54 Å². The minimum Gasteiger partial charge on any atom is -0.334 e. The summed E-state index contributed by atoms with van der Waals surface area (Å²) in [6.07, 6.45) is 0. The monoisotopic (exact) mass is 207 g/mol. The first-order valence-electron chi connectivity index (χ1n) is 4.35. The van der Waals surface area contributed by atoms with E-state index in [0.717, 1.165) is 0 Å². The van der Waals surface area contributed by atoms with Gasteiger partial charge < -0.3 is 10.6 Å². The van der Waals surface area contributed by atoms with Crippen LogP contribution in [0.1, 0.15) is 5.56 Å². The van der Waals surface area contributed by atoms with Gasteiger partial charge in [-0.3, -0.25) is 0 Å². The highest BCUT2D eigenvalue weighted by molar-refractivity contribution is 5.74. The summed E-state index contributed by atoms with van der Waals surface area (Å²) in [6, 6.07) is 7.27. The number of nitrogens with one attached hydrogen (secondary N) is 2. The van der Waals surface area contributed by atoms with Crippen molar-refractivity contribution in [3.05, 3.63) is 35.6 Å². The third-order valence-electron chi connectivity index (χ3n) is 1.67. The van der Waals surface area contributed by atoms with E-state index in [1.165, 1.54) is 12.1 Å². The summed E-state index contributed by atoms with van der Waals surface area (Å²) in [5, 5.41) is 13.0. The summed E-state index contributed by atoms with van der Waals surface area (Å²) < 4.78 is 12.7. The lowest BCUT2D eigenvalue weighted by molar-refractivity contribution is 0.241. The van der Waals surface area contributed by atoms with Gasteiger partial charge in [-0.1, -0.05) is 12.1 Å². The zero-order valence-corrected chi connectivity index (χ0v) is 7.96. The van der Waals surface area contributed by atoms with Crippen LogP contribution < -0.4 is 10.6 Å². The van der Waals surface area contributed by atoms with Crippen LogP contribution in [0.2, 0.25) is 0 Å². The largest absolute Gasteiger partial charge is 0.334 e. The molecule has 78 valence electrons. The average Bonchev–Trinajstić information content (AvgIpc) is 2.23. The van der Waals surface area contributed by atoms with Crippen LogP contribution in [-0.4, -0.2) is 12.6 Å². The minimum absolute atomic E-state index is 0.0466. The van der Waals surface area contributed by atoms with Crippen molar-refractivity contribution < 1.29 is 9.18 Å². The second-order valence-corrected chi connectivity index (χ2v) is 2.82. The fourth-order valence-corrected chi connectivity index (χ4v) is 1.01. The van der Waals surface area contributed by atoms with E-state index in [2.05, 4.69) is 10.6 Å². The van der Waals surface area contributed by atoms with Gasteiger partial charge in [-0.05, 0) is 17.7 Å². The molecule has 1 aromatic carbocycles. The number of rotatable bonds is 3. The lowest BCUT2D eigenvalue weighted by Crippen LogP contribution is -2.35. The highest BCUT2D eigenvalue weighted by atomic mass is 19.1. The standard InChI is InChI=1S/C10H10FN3O/c11-9-3-1-2-8(6-9)7-14-10(15)13-5-4-12/h1-3,6H,5,7H2,(H2,13,14,15). The van der Waals surface area contributed by atoms with Gasteiger partial charge in [-0.2, -0.15) is 5.26 Å². The van der Waals surface area contributed by atoms with Crippen LogP contribution in [0.25, 0.3) is 0 Å². The van der Waals surface area contributed by atoms with Gasteiger partial charge in [0.2, 0.25) is 0 Å². The molecule has 0 radical (unpaired) electrons. The maximum atomic E-state index is 12.7. The molecular formula is C10H10FN3O.